The lowest BCUT2D eigenvalue weighted by atomic mass is 10.1. The number of amides is 1. The van der Waals surface area contributed by atoms with Gasteiger partial charge >= 0.3 is 6.18 Å². The second-order valence-electron chi connectivity index (χ2n) is 4.87. The van der Waals surface area contributed by atoms with Gasteiger partial charge in [-0.05, 0) is 32.1 Å². The molecule has 0 aliphatic heterocycles. The first-order valence-corrected chi connectivity index (χ1v) is 7.85. The van der Waals surface area contributed by atoms with Gasteiger partial charge in [0.1, 0.15) is 0 Å². The standard InChI is InChI=1S/C15H16F3N3OS.ClH/c1-19-7-3-6-13(22)21-14-20-12(9-23-14)10-4-2-5-11(8-10)15(16,17)18;/h2,4-5,8-9,19H,3,6-7H2,1H3,(H,20,21,22);1H. The molecule has 2 N–H and O–H groups in total. The molecule has 0 unspecified atom stereocenters. The highest BCUT2D eigenvalue weighted by atomic mass is 35.5. The summed E-state index contributed by atoms with van der Waals surface area (Å²) in [4.78, 5) is 15.9. The number of carbonyl (C=O) groups excluding carboxylic acids is 1. The van der Waals surface area contributed by atoms with Crippen LogP contribution in [0.5, 0.6) is 0 Å². The van der Waals surface area contributed by atoms with Crippen LogP contribution in [0.4, 0.5) is 18.3 Å². The van der Waals surface area contributed by atoms with Gasteiger partial charge in [-0.3, -0.25) is 4.79 Å². The molecule has 1 aromatic heterocycles. The number of hydrogen-bond acceptors (Lipinski definition) is 4. The minimum atomic E-state index is -4.39. The molecule has 0 spiro atoms. The number of nitrogens with zero attached hydrogens (tertiary/aromatic N) is 1. The van der Waals surface area contributed by atoms with E-state index in [-0.39, 0.29) is 18.3 Å². The zero-order valence-electron chi connectivity index (χ0n) is 12.8. The Balaban J connectivity index is 0.00000288. The predicted molar refractivity (Wildman–Crippen MR) is 91.6 cm³/mol. The zero-order valence-corrected chi connectivity index (χ0v) is 14.4. The van der Waals surface area contributed by atoms with E-state index in [0.29, 0.717) is 29.2 Å². The fourth-order valence-corrected chi connectivity index (χ4v) is 2.66. The maximum absolute atomic E-state index is 12.7. The van der Waals surface area contributed by atoms with Gasteiger partial charge in [0.15, 0.2) is 5.13 Å². The highest BCUT2D eigenvalue weighted by molar-refractivity contribution is 7.14. The summed E-state index contributed by atoms with van der Waals surface area (Å²) >= 11 is 1.19. The van der Waals surface area contributed by atoms with Crippen LogP contribution in [-0.4, -0.2) is 24.5 Å². The summed E-state index contributed by atoms with van der Waals surface area (Å²) in [6.45, 7) is 0.737. The summed E-state index contributed by atoms with van der Waals surface area (Å²) in [5.41, 5.74) is 0.0547. The summed E-state index contributed by atoms with van der Waals surface area (Å²) in [6, 6.07) is 4.96. The molecular weight excluding hydrogens is 363 g/mol. The number of anilines is 1. The molecular formula is C15H17ClF3N3OS. The van der Waals surface area contributed by atoms with Crippen molar-refractivity contribution in [2.45, 2.75) is 19.0 Å². The lowest BCUT2D eigenvalue weighted by Gasteiger charge is -2.07. The third-order valence-electron chi connectivity index (χ3n) is 3.07. The number of aromatic nitrogens is 1. The molecule has 0 atom stereocenters. The lowest BCUT2D eigenvalue weighted by molar-refractivity contribution is -0.137. The monoisotopic (exact) mass is 379 g/mol. The zero-order chi connectivity index (χ0) is 16.9. The molecule has 0 saturated carbocycles. The van der Waals surface area contributed by atoms with E-state index < -0.39 is 11.7 Å². The van der Waals surface area contributed by atoms with Gasteiger partial charge in [0, 0.05) is 17.4 Å². The average molecular weight is 380 g/mol. The number of nitrogens with one attached hydrogen (secondary N) is 2. The van der Waals surface area contributed by atoms with Gasteiger partial charge in [-0.1, -0.05) is 12.1 Å². The number of carbonyl (C=O) groups is 1. The second kappa shape index (κ2) is 9.00. The quantitative estimate of drug-likeness (QED) is 0.740. The Morgan fingerprint density at radius 3 is 2.75 bits per heavy atom. The van der Waals surface area contributed by atoms with E-state index in [4.69, 9.17) is 0 Å². The predicted octanol–water partition coefficient (Wildman–Crippen LogP) is 4.19. The molecule has 2 aromatic rings. The van der Waals surface area contributed by atoms with Crippen LogP contribution in [0.15, 0.2) is 29.6 Å². The SMILES string of the molecule is CNCCCC(=O)Nc1nc(-c2cccc(C(F)(F)F)c2)cs1.Cl. The first-order chi connectivity index (χ1) is 10.9. The van der Waals surface area contributed by atoms with Crippen LogP contribution in [-0.2, 0) is 11.0 Å². The molecule has 0 radical (unpaired) electrons. The average Bonchev–Trinajstić information content (AvgIpc) is 2.95. The second-order valence-corrected chi connectivity index (χ2v) is 5.73. The Morgan fingerprint density at radius 2 is 2.08 bits per heavy atom. The van der Waals surface area contributed by atoms with Crippen LogP contribution in [0, 0.1) is 0 Å². The van der Waals surface area contributed by atoms with Crippen molar-refractivity contribution in [3.05, 3.63) is 35.2 Å². The van der Waals surface area contributed by atoms with Crippen molar-refractivity contribution in [1.29, 1.82) is 0 Å². The minimum Gasteiger partial charge on any atom is -0.320 e. The Morgan fingerprint density at radius 1 is 1.33 bits per heavy atom. The van der Waals surface area contributed by atoms with Crippen LogP contribution in [0.1, 0.15) is 18.4 Å². The van der Waals surface area contributed by atoms with Crippen molar-refractivity contribution in [3.63, 3.8) is 0 Å². The molecule has 0 bridgehead atoms. The normalized spacial score (nSPS) is 11.0. The van der Waals surface area contributed by atoms with E-state index in [2.05, 4.69) is 15.6 Å². The first kappa shape index (κ1) is 20.4. The van der Waals surface area contributed by atoms with Crippen LogP contribution < -0.4 is 10.6 Å². The van der Waals surface area contributed by atoms with Gasteiger partial charge in [0.25, 0.3) is 0 Å². The van der Waals surface area contributed by atoms with Crippen LogP contribution in [0.2, 0.25) is 0 Å². The number of thiazole rings is 1. The highest BCUT2D eigenvalue weighted by Crippen LogP contribution is 2.33. The molecule has 0 aliphatic rings. The van der Waals surface area contributed by atoms with Crippen molar-refractivity contribution in [1.82, 2.24) is 10.3 Å². The minimum absolute atomic E-state index is 0. The number of hydrogen-bond donors (Lipinski definition) is 2. The van der Waals surface area contributed by atoms with Crippen molar-refractivity contribution in [3.8, 4) is 11.3 Å². The smallest absolute Gasteiger partial charge is 0.320 e. The van der Waals surface area contributed by atoms with Gasteiger partial charge in [0.2, 0.25) is 5.91 Å². The van der Waals surface area contributed by atoms with Gasteiger partial charge < -0.3 is 10.6 Å². The molecule has 0 aliphatic carbocycles. The van der Waals surface area contributed by atoms with Crippen molar-refractivity contribution < 1.29 is 18.0 Å². The van der Waals surface area contributed by atoms with Crippen LogP contribution >= 0.6 is 23.7 Å². The Kier molecular flexibility index (Phi) is 7.65. The molecule has 9 heteroatoms. The van der Waals surface area contributed by atoms with E-state index in [0.717, 1.165) is 18.7 Å². The van der Waals surface area contributed by atoms with E-state index in [9.17, 15) is 18.0 Å². The molecule has 132 valence electrons. The van der Waals surface area contributed by atoms with Gasteiger partial charge in [0.05, 0.1) is 11.3 Å². The third-order valence-corrected chi connectivity index (χ3v) is 3.82. The lowest BCUT2D eigenvalue weighted by Crippen LogP contribution is -2.15. The Bertz CT molecular complexity index is 676. The molecule has 1 heterocycles. The summed E-state index contributed by atoms with van der Waals surface area (Å²) in [7, 11) is 1.81. The maximum atomic E-state index is 12.7. The van der Waals surface area contributed by atoms with E-state index >= 15 is 0 Å². The molecule has 24 heavy (non-hydrogen) atoms. The number of rotatable bonds is 6. The van der Waals surface area contributed by atoms with E-state index in [1.807, 2.05) is 0 Å². The van der Waals surface area contributed by atoms with Crippen molar-refractivity contribution in [2.75, 3.05) is 18.9 Å². The van der Waals surface area contributed by atoms with Crippen LogP contribution in [0.3, 0.4) is 0 Å². The van der Waals surface area contributed by atoms with Gasteiger partial charge in [-0.25, -0.2) is 4.98 Å². The summed E-state index contributed by atoms with van der Waals surface area (Å²) in [5.74, 6) is -0.162. The highest BCUT2D eigenvalue weighted by Gasteiger charge is 2.30. The molecule has 1 amide bonds. The Hall–Kier alpha value is -1.64. The Labute approximate surface area is 147 Å². The number of halogens is 4. The van der Waals surface area contributed by atoms with Gasteiger partial charge in [-0.15, -0.1) is 23.7 Å². The topological polar surface area (TPSA) is 54.0 Å². The van der Waals surface area contributed by atoms with E-state index in [1.165, 1.54) is 17.4 Å². The van der Waals surface area contributed by atoms with Gasteiger partial charge in [-0.2, -0.15) is 13.2 Å². The fraction of sp³-hybridized carbons (Fsp3) is 0.333. The summed E-state index contributed by atoms with van der Waals surface area (Å²) in [6.07, 6.45) is -3.33. The molecule has 0 saturated heterocycles. The summed E-state index contributed by atoms with van der Waals surface area (Å²) in [5, 5.41) is 7.60. The summed E-state index contributed by atoms with van der Waals surface area (Å²) < 4.78 is 38.2. The molecule has 2 rings (SSSR count). The number of alkyl halides is 3. The molecule has 0 fully saturated rings. The first-order valence-electron chi connectivity index (χ1n) is 6.98. The molecule has 1 aromatic carbocycles. The number of benzene rings is 1. The maximum Gasteiger partial charge on any atom is 0.416 e. The van der Waals surface area contributed by atoms with Crippen molar-refractivity contribution in [2.24, 2.45) is 0 Å². The van der Waals surface area contributed by atoms with E-state index in [1.54, 1.807) is 18.5 Å². The van der Waals surface area contributed by atoms with Crippen LogP contribution in [0.25, 0.3) is 11.3 Å². The largest absolute Gasteiger partial charge is 0.416 e. The molecule has 4 nitrogen and oxygen atoms in total. The van der Waals surface area contributed by atoms with Crippen molar-refractivity contribution >= 4 is 34.8 Å². The fourth-order valence-electron chi connectivity index (χ4n) is 1.93. The third kappa shape index (κ3) is 5.77.